The number of nitrogens with two attached hydrogens (primary N) is 1. The van der Waals surface area contributed by atoms with E-state index < -0.39 is 0 Å². The van der Waals surface area contributed by atoms with Crippen molar-refractivity contribution in [2.75, 3.05) is 19.6 Å². The van der Waals surface area contributed by atoms with Crippen LogP contribution < -0.4 is 11.1 Å². The standard InChI is InChI=1S/C18H26N4.HI/c1-2-22-9-5-7-13(22)11-20-18(19)21-17-15-10-12-6-3-4-8-14(12)16(15)17;/h3-4,6,8,13,15-17H,2,5,7,9-11H2,1H3,(H3,19,20,21);1H. The van der Waals surface area contributed by atoms with Gasteiger partial charge >= 0.3 is 0 Å². The van der Waals surface area contributed by atoms with Crippen LogP contribution in [0.25, 0.3) is 0 Å². The molecule has 3 aliphatic rings. The summed E-state index contributed by atoms with van der Waals surface area (Å²) in [5.74, 6) is 2.02. The van der Waals surface area contributed by atoms with E-state index in [1.165, 1.54) is 36.9 Å². The van der Waals surface area contributed by atoms with E-state index in [1.807, 2.05) is 0 Å². The first kappa shape index (κ1) is 17.0. The molecule has 1 aromatic rings. The van der Waals surface area contributed by atoms with Gasteiger partial charge in [0.2, 0.25) is 0 Å². The predicted octanol–water partition coefficient (Wildman–Crippen LogP) is 2.33. The van der Waals surface area contributed by atoms with Gasteiger partial charge in [0.05, 0.1) is 6.54 Å². The molecular formula is C18H27IN4. The zero-order chi connectivity index (χ0) is 15.1. The molecule has 1 saturated carbocycles. The minimum atomic E-state index is 0. The summed E-state index contributed by atoms with van der Waals surface area (Å²) in [6, 6.07) is 9.91. The van der Waals surface area contributed by atoms with Crippen molar-refractivity contribution in [3.8, 4) is 0 Å². The molecule has 1 aliphatic heterocycles. The summed E-state index contributed by atoms with van der Waals surface area (Å²) in [6.07, 6.45) is 3.75. The van der Waals surface area contributed by atoms with Crippen LogP contribution in [0.4, 0.5) is 0 Å². The number of aliphatic imine (C=N–C) groups is 1. The first-order valence-corrected chi connectivity index (χ1v) is 8.66. The summed E-state index contributed by atoms with van der Waals surface area (Å²) in [6.45, 7) is 5.41. The number of hydrogen-bond acceptors (Lipinski definition) is 2. The summed E-state index contributed by atoms with van der Waals surface area (Å²) in [4.78, 5) is 7.12. The molecule has 1 heterocycles. The van der Waals surface area contributed by atoms with Gasteiger partial charge in [-0.2, -0.15) is 0 Å². The number of hydrogen-bond donors (Lipinski definition) is 2. The van der Waals surface area contributed by atoms with Gasteiger partial charge in [-0.25, -0.2) is 0 Å². The molecule has 3 N–H and O–H groups in total. The molecule has 1 aromatic carbocycles. The van der Waals surface area contributed by atoms with Gasteiger partial charge in [-0.05, 0) is 49.4 Å². The van der Waals surface area contributed by atoms with Crippen LogP contribution in [0.3, 0.4) is 0 Å². The molecular weight excluding hydrogens is 399 g/mol. The molecule has 0 bridgehead atoms. The SMILES string of the molecule is CCN1CCCC1CN=C(N)NC1C2Cc3ccccc3C21.I. The van der Waals surface area contributed by atoms with E-state index in [-0.39, 0.29) is 24.0 Å². The Kier molecular flexibility index (Phi) is 5.16. The monoisotopic (exact) mass is 426 g/mol. The molecule has 5 heteroatoms. The second-order valence-corrected chi connectivity index (χ2v) is 6.91. The molecule has 1 saturated heterocycles. The zero-order valence-corrected chi connectivity index (χ0v) is 16.1. The maximum Gasteiger partial charge on any atom is 0.188 e. The van der Waals surface area contributed by atoms with Gasteiger partial charge in [-0.1, -0.05) is 31.2 Å². The maximum absolute atomic E-state index is 6.12. The highest BCUT2D eigenvalue weighted by molar-refractivity contribution is 14.0. The van der Waals surface area contributed by atoms with Crippen LogP contribution in [-0.2, 0) is 6.42 Å². The highest BCUT2D eigenvalue weighted by Crippen LogP contribution is 2.56. The lowest BCUT2D eigenvalue weighted by molar-refractivity contribution is 0.273. The van der Waals surface area contributed by atoms with Gasteiger partial charge in [-0.15, -0.1) is 24.0 Å². The van der Waals surface area contributed by atoms with Gasteiger partial charge in [0.1, 0.15) is 0 Å². The van der Waals surface area contributed by atoms with Crippen LogP contribution in [0.2, 0.25) is 0 Å². The van der Waals surface area contributed by atoms with E-state index in [1.54, 1.807) is 0 Å². The van der Waals surface area contributed by atoms with Crippen molar-refractivity contribution in [2.45, 2.75) is 44.2 Å². The lowest BCUT2D eigenvalue weighted by atomic mass is 10.1. The van der Waals surface area contributed by atoms with Gasteiger partial charge < -0.3 is 11.1 Å². The Morgan fingerprint density at radius 2 is 2.22 bits per heavy atom. The minimum Gasteiger partial charge on any atom is -0.370 e. The summed E-state index contributed by atoms with van der Waals surface area (Å²) in [7, 11) is 0. The molecule has 0 radical (unpaired) electrons. The fraction of sp³-hybridized carbons (Fsp3) is 0.611. The van der Waals surface area contributed by atoms with Gasteiger partial charge in [0.15, 0.2) is 5.96 Å². The topological polar surface area (TPSA) is 53.6 Å². The third-order valence-corrected chi connectivity index (χ3v) is 5.73. The average Bonchev–Trinajstić information content (AvgIpc) is 2.93. The second-order valence-electron chi connectivity index (χ2n) is 6.91. The van der Waals surface area contributed by atoms with E-state index in [2.05, 4.69) is 46.4 Å². The normalized spacial score (nSPS) is 32.1. The van der Waals surface area contributed by atoms with Crippen molar-refractivity contribution in [2.24, 2.45) is 16.6 Å². The number of rotatable bonds is 4. The first-order valence-electron chi connectivity index (χ1n) is 8.66. The van der Waals surface area contributed by atoms with Gasteiger partial charge in [-0.3, -0.25) is 9.89 Å². The number of halogens is 1. The van der Waals surface area contributed by atoms with Crippen molar-refractivity contribution in [3.63, 3.8) is 0 Å². The molecule has 4 nitrogen and oxygen atoms in total. The summed E-state index contributed by atoms with van der Waals surface area (Å²) >= 11 is 0. The fourth-order valence-corrected chi connectivity index (χ4v) is 4.49. The summed E-state index contributed by atoms with van der Waals surface area (Å²) < 4.78 is 0. The van der Waals surface area contributed by atoms with E-state index >= 15 is 0 Å². The van der Waals surface area contributed by atoms with Crippen LogP contribution in [0, 0.1) is 5.92 Å². The Morgan fingerprint density at radius 1 is 1.39 bits per heavy atom. The largest absolute Gasteiger partial charge is 0.370 e. The van der Waals surface area contributed by atoms with Crippen LogP contribution >= 0.6 is 24.0 Å². The van der Waals surface area contributed by atoms with Crippen molar-refractivity contribution >= 4 is 29.9 Å². The highest BCUT2D eigenvalue weighted by atomic mass is 127. The minimum absolute atomic E-state index is 0. The third kappa shape index (κ3) is 3.22. The molecule has 2 fully saturated rings. The molecule has 4 rings (SSSR count). The molecule has 4 atom stereocenters. The summed E-state index contributed by atoms with van der Waals surface area (Å²) in [5.41, 5.74) is 9.17. The number of likely N-dealkylation sites (tertiary alicyclic amines) is 1. The Labute approximate surface area is 155 Å². The predicted molar refractivity (Wildman–Crippen MR) is 105 cm³/mol. The Balaban J connectivity index is 0.00000156. The zero-order valence-electron chi connectivity index (χ0n) is 13.7. The van der Waals surface area contributed by atoms with E-state index in [9.17, 15) is 0 Å². The van der Waals surface area contributed by atoms with Crippen LogP contribution in [-0.4, -0.2) is 42.6 Å². The van der Waals surface area contributed by atoms with Crippen LogP contribution in [0.5, 0.6) is 0 Å². The van der Waals surface area contributed by atoms with Gasteiger partial charge in [0.25, 0.3) is 0 Å². The Morgan fingerprint density at radius 3 is 3.04 bits per heavy atom. The summed E-state index contributed by atoms with van der Waals surface area (Å²) in [5, 5.41) is 3.46. The molecule has 0 aromatic heterocycles. The van der Waals surface area contributed by atoms with E-state index in [0.29, 0.717) is 24.0 Å². The lowest BCUT2D eigenvalue weighted by Gasteiger charge is -2.21. The number of benzene rings is 1. The Hall–Kier alpha value is -0.820. The van der Waals surface area contributed by atoms with E-state index in [4.69, 9.17) is 5.73 Å². The van der Waals surface area contributed by atoms with Crippen molar-refractivity contribution in [1.82, 2.24) is 10.2 Å². The average molecular weight is 426 g/mol. The number of nitrogens with zero attached hydrogens (tertiary/aromatic N) is 2. The molecule has 2 aliphatic carbocycles. The molecule has 126 valence electrons. The smallest absolute Gasteiger partial charge is 0.188 e. The third-order valence-electron chi connectivity index (χ3n) is 5.73. The van der Waals surface area contributed by atoms with E-state index in [0.717, 1.165) is 19.0 Å². The first-order chi connectivity index (χ1) is 10.8. The van der Waals surface area contributed by atoms with Crippen molar-refractivity contribution in [3.05, 3.63) is 35.4 Å². The molecule has 23 heavy (non-hydrogen) atoms. The quantitative estimate of drug-likeness (QED) is 0.442. The number of fused-ring (bicyclic) bond motifs is 3. The maximum atomic E-state index is 6.12. The number of guanidine groups is 1. The highest BCUT2D eigenvalue weighted by Gasteiger charge is 2.55. The van der Waals surface area contributed by atoms with Crippen LogP contribution in [0.1, 0.15) is 36.8 Å². The van der Waals surface area contributed by atoms with Crippen molar-refractivity contribution in [1.29, 1.82) is 0 Å². The molecule has 4 unspecified atom stereocenters. The van der Waals surface area contributed by atoms with Crippen molar-refractivity contribution < 1.29 is 0 Å². The number of nitrogens with one attached hydrogen (secondary N) is 1. The Bertz CT molecular complexity index is 588. The number of likely N-dealkylation sites (N-methyl/N-ethyl adjacent to an activating group) is 1. The molecule has 0 amide bonds. The second kappa shape index (κ2) is 6.97. The lowest BCUT2D eigenvalue weighted by Crippen LogP contribution is -2.37. The molecule has 0 spiro atoms. The van der Waals surface area contributed by atoms with Gasteiger partial charge in [0, 0.05) is 18.0 Å². The van der Waals surface area contributed by atoms with Crippen LogP contribution in [0.15, 0.2) is 29.3 Å². The fourth-order valence-electron chi connectivity index (χ4n) is 4.49.